The smallest absolute Gasteiger partial charge is 0.253 e. The maximum Gasteiger partial charge on any atom is 0.253 e. The third-order valence-electron chi connectivity index (χ3n) is 3.18. The Balaban J connectivity index is 3.20. The first-order valence-corrected chi connectivity index (χ1v) is 9.07. The molecule has 1 atom stereocenters. The molecule has 0 aliphatic rings. The highest BCUT2D eigenvalue weighted by molar-refractivity contribution is 9.10. The molecule has 0 aromatic heterocycles. The molecule has 21 heavy (non-hydrogen) atoms. The van der Waals surface area contributed by atoms with Crippen LogP contribution in [0.25, 0.3) is 0 Å². The highest BCUT2D eigenvalue weighted by atomic mass is 79.9. The van der Waals surface area contributed by atoms with Gasteiger partial charge >= 0.3 is 0 Å². The number of halogens is 2. The number of nitrogens with zero attached hydrogens (tertiary/aromatic N) is 1. The zero-order chi connectivity index (χ0) is 16.4. The van der Waals surface area contributed by atoms with Gasteiger partial charge in [0, 0.05) is 19.2 Å². The van der Waals surface area contributed by atoms with Crippen LogP contribution < -0.4 is 5.14 Å². The molecule has 1 amide bonds. The number of carbonyl (C=O) groups is 1. The van der Waals surface area contributed by atoms with Crippen molar-refractivity contribution in [1.82, 2.24) is 4.90 Å². The van der Waals surface area contributed by atoms with E-state index < -0.39 is 10.0 Å². The van der Waals surface area contributed by atoms with Gasteiger partial charge in [-0.3, -0.25) is 4.79 Å². The predicted octanol–water partition coefficient (Wildman–Crippen LogP) is 2.87. The van der Waals surface area contributed by atoms with Crippen molar-refractivity contribution in [3.05, 3.63) is 27.2 Å². The second kappa shape index (κ2) is 7.09. The highest BCUT2D eigenvalue weighted by Gasteiger charge is 2.21. The zero-order valence-electron chi connectivity index (χ0n) is 12.1. The van der Waals surface area contributed by atoms with Crippen molar-refractivity contribution in [3.8, 4) is 0 Å². The van der Waals surface area contributed by atoms with E-state index in [0.29, 0.717) is 12.5 Å². The third-order valence-corrected chi connectivity index (χ3v) is 5.76. The van der Waals surface area contributed by atoms with Crippen molar-refractivity contribution in [1.29, 1.82) is 0 Å². The lowest BCUT2D eigenvalue weighted by Crippen LogP contribution is -2.31. The molecule has 0 aliphatic carbocycles. The van der Waals surface area contributed by atoms with E-state index in [4.69, 9.17) is 16.7 Å². The summed E-state index contributed by atoms with van der Waals surface area (Å²) < 4.78 is 23.2. The van der Waals surface area contributed by atoms with Crippen LogP contribution >= 0.6 is 27.5 Å². The molecular weight excluding hydrogens is 380 g/mol. The number of hydrogen-bond acceptors (Lipinski definition) is 3. The number of carbonyl (C=O) groups excluding carboxylic acids is 1. The summed E-state index contributed by atoms with van der Waals surface area (Å²) in [7, 11) is -2.30. The molecule has 0 radical (unpaired) electrons. The predicted molar refractivity (Wildman–Crippen MR) is 86.9 cm³/mol. The maximum atomic E-state index is 12.4. The number of sulfonamides is 1. The fraction of sp³-hybridized carbons (Fsp3) is 0.462. The molecule has 1 aromatic rings. The number of rotatable bonds is 5. The minimum atomic E-state index is -3.97. The minimum Gasteiger partial charge on any atom is -0.341 e. The highest BCUT2D eigenvalue weighted by Crippen LogP contribution is 2.31. The van der Waals surface area contributed by atoms with Crippen LogP contribution in [-0.4, -0.2) is 32.8 Å². The fourth-order valence-corrected chi connectivity index (χ4v) is 3.63. The van der Waals surface area contributed by atoms with Gasteiger partial charge in [-0.05, 0) is 34.0 Å². The molecule has 0 aliphatic heterocycles. The standard InChI is InChI=1S/C13H18BrClN2O3S/c1-4-8(2)7-17(3)13(18)9-5-10(15)12(14)11(6-9)21(16,19)20/h5-6,8H,4,7H2,1-3H3,(H2,16,19,20). The van der Waals surface area contributed by atoms with E-state index in [1.54, 1.807) is 11.9 Å². The largest absolute Gasteiger partial charge is 0.341 e. The van der Waals surface area contributed by atoms with Crippen LogP contribution in [0, 0.1) is 5.92 Å². The number of hydrogen-bond donors (Lipinski definition) is 1. The molecule has 118 valence electrons. The monoisotopic (exact) mass is 396 g/mol. The lowest BCUT2D eigenvalue weighted by molar-refractivity contribution is 0.0774. The van der Waals surface area contributed by atoms with Crippen LogP contribution in [-0.2, 0) is 10.0 Å². The fourth-order valence-electron chi connectivity index (χ4n) is 1.79. The van der Waals surface area contributed by atoms with Gasteiger partial charge in [0.25, 0.3) is 5.91 Å². The van der Waals surface area contributed by atoms with Crippen LogP contribution in [0.4, 0.5) is 0 Å². The molecule has 1 unspecified atom stereocenters. The molecule has 0 bridgehead atoms. The van der Waals surface area contributed by atoms with Gasteiger partial charge in [-0.2, -0.15) is 0 Å². The molecule has 0 heterocycles. The Morgan fingerprint density at radius 1 is 1.48 bits per heavy atom. The lowest BCUT2D eigenvalue weighted by Gasteiger charge is -2.21. The van der Waals surface area contributed by atoms with Gasteiger partial charge in [-0.1, -0.05) is 31.9 Å². The summed E-state index contributed by atoms with van der Waals surface area (Å²) in [6, 6.07) is 2.66. The minimum absolute atomic E-state index is 0.127. The second-order valence-electron chi connectivity index (χ2n) is 5.01. The first-order chi connectivity index (χ1) is 9.57. The zero-order valence-corrected chi connectivity index (χ0v) is 15.2. The van der Waals surface area contributed by atoms with Crippen LogP contribution in [0.15, 0.2) is 21.5 Å². The van der Waals surface area contributed by atoms with Crippen LogP contribution in [0.3, 0.4) is 0 Å². The topological polar surface area (TPSA) is 80.5 Å². The van der Waals surface area contributed by atoms with Crippen molar-refractivity contribution < 1.29 is 13.2 Å². The quantitative estimate of drug-likeness (QED) is 0.829. The van der Waals surface area contributed by atoms with E-state index >= 15 is 0 Å². The third kappa shape index (κ3) is 4.67. The second-order valence-corrected chi connectivity index (χ2v) is 7.74. The number of amides is 1. The Morgan fingerprint density at radius 3 is 2.52 bits per heavy atom. The molecule has 2 N–H and O–H groups in total. The van der Waals surface area contributed by atoms with Gasteiger partial charge in [0.1, 0.15) is 0 Å². The van der Waals surface area contributed by atoms with Crippen molar-refractivity contribution in [2.75, 3.05) is 13.6 Å². The molecule has 0 spiro atoms. The van der Waals surface area contributed by atoms with Crippen molar-refractivity contribution in [3.63, 3.8) is 0 Å². The van der Waals surface area contributed by atoms with E-state index in [0.717, 1.165) is 6.42 Å². The Bertz CT molecular complexity index is 649. The lowest BCUT2D eigenvalue weighted by atomic mass is 10.1. The van der Waals surface area contributed by atoms with Crippen LogP contribution in [0.2, 0.25) is 5.02 Å². The Hall–Kier alpha value is -0.630. The summed E-state index contributed by atoms with van der Waals surface area (Å²) in [4.78, 5) is 13.7. The van der Waals surface area contributed by atoms with E-state index in [9.17, 15) is 13.2 Å². The van der Waals surface area contributed by atoms with E-state index in [1.807, 2.05) is 13.8 Å². The summed E-state index contributed by atoms with van der Waals surface area (Å²) in [6.45, 7) is 4.65. The van der Waals surface area contributed by atoms with E-state index in [2.05, 4.69) is 15.9 Å². The van der Waals surface area contributed by atoms with Crippen LogP contribution in [0.1, 0.15) is 30.6 Å². The molecule has 8 heteroatoms. The number of benzene rings is 1. The summed E-state index contributed by atoms with van der Waals surface area (Å²) in [5.41, 5.74) is 0.193. The molecular formula is C13H18BrClN2O3S. The Kier molecular flexibility index (Phi) is 6.22. The number of primary sulfonamides is 1. The van der Waals surface area contributed by atoms with E-state index in [-0.39, 0.29) is 25.9 Å². The first kappa shape index (κ1) is 18.4. The maximum absolute atomic E-state index is 12.4. The molecule has 0 saturated carbocycles. The van der Waals surface area contributed by atoms with Gasteiger partial charge in [0.15, 0.2) is 0 Å². The molecule has 0 fully saturated rings. The summed E-state index contributed by atoms with van der Waals surface area (Å²) in [6.07, 6.45) is 0.946. The average molecular weight is 398 g/mol. The average Bonchev–Trinajstić information content (AvgIpc) is 2.39. The summed E-state index contributed by atoms with van der Waals surface area (Å²) in [5.74, 6) is 0.0529. The van der Waals surface area contributed by atoms with Gasteiger partial charge in [-0.15, -0.1) is 0 Å². The number of nitrogens with two attached hydrogens (primary N) is 1. The van der Waals surface area contributed by atoms with Crippen molar-refractivity contribution >= 4 is 43.5 Å². The molecule has 0 saturated heterocycles. The molecule has 5 nitrogen and oxygen atoms in total. The van der Waals surface area contributed by atoms with Crippen LogP contribution in [0.5, 0.6) is 0 Å². The first-order valence-electron chi connectivity index (χ1n) is 6.35. The van der Waals surface area contributed by atoms with Gasteiger partial charge < -0.3 is 4.90 Å². The Morgan fingerprint density at radius 2 is 2.05 bits per heavy atom. The van der Waals surface area contributed by atoms with Gasteiger partial charge in [-0.25, -0.2) is 13.6 Å². The summed E-state index contributed by atoms with van der Waals surface area (Å²) >= 11 is 9.04. The summed E-state index contributed by atoms with van der Waals surface area (Å²) in [5, 5.41) is 5.26. The SMILES string of the molecule is CCC(C)CN(C)C(=O)c1cc(Cl)c(Br)c(S(N)(=O)=O)c1. The van der Waals surface area contributed by atoms with Crippen molar-refractivity contribution in [2.24, 2.45) is 11.1 Å². The van der Waals surface area contributed by atoms with Gasteiger partial charge in [0.05, 0.1) is 14.4 Å². The normalized spacial score (nSPS) is 13.0. The van der Waals surface area contributed by atoms with E-state index in [1.165, 1.54) is 12.1 Å². The van der Waals surface area contributed by atoms with Gasteiger partial charge in [0.2, 0.25) is 10.0 Å². The molecule has 1 aromatic carbocycles. The molecule has 1 rings (SSSR count). The van der Waals surface area contributed by atoms with Crippen molar-refractivity contribution in [2.45, 2.75) is 25.2 Å². The Labute approximate surface area is 138 Å².